The van der Waals surface area contributed by atoms with Gasteiger partial charge in [-0.25, -0.2) is 0 Å². The third-order valence-corrected chi connectivity index (χ3v) is 2.09. The molecule has 0 aliphatic heterocycles. The predicted octanol–water partition coefficient (Wildman–Crippen LogP) is 3.33. The summed E-state index contributed by atoms with van der Waals surface area (Å²) in [5.74, 6) is 1.26. The molecular weight excluding hydrogens is 160 g/mol. The standard InChI is InChI=1S/C12H17O/c1-5-13-11-7-6-10(4)12(8-11)9(2)3/h6-9H,2,5H2,1,3-4H3. The van der Waals surface area contributed by atoms with Gasteiger partial charge in [0, 0.05) is 0 Å². The Kier molecular flexibility index (Phi) is 3.35. The molecule has 1 heteroatoms. The van der Waals surface area contributed by atoms with Gasteiger partial charge in [0.15, 0.2) is 0 Å². The molecule has 1 rings (SSSR count). The average Bonchev–Trinajstić information content (AvgIpc) is 2.08. The maximum absolute atomic E-state index is 5.42. The van der Waals surface area contributed by atoms with Gasteiger partial charge < -0.3 is 4.74 Å². The first-order valence-electron chi connectivity index (χ1n) is 4.71. The van der Waals surface area contributed by atoms with E-state index >= 15 is 0 Å². The van der Waals surface area contributed by atoms with E-state index in [0.717, 1.165) is 5.75 Å². The van der Waals surface area contributed by atoms with Crippen molar-refractivity contribution in [1.29, 1.82) is 0 Å². The maximum atomic E-state index is 5.42. The van der Waals surface area contributed by atoms with Gasteiger partial charge in [-0.05, 0) is 49.9 Å². The van der Waals surface area contributed by atoms with Gasteiger partial charge in [-0.3, -0.25) is 0 Å². The molecule has 0 saturated heterocycles. The van der Waals surface area contributed by atoms with Crippen LogP contribution in [0.3, 0.4) is 0 Å². The van der Waals surface area contributed by atoms with Crippen molar-refractivity contribution in [3.05, 3.63) is 36.2 Å². The van der Waals surface area contributed by atoms with Crippen molar-refractivity contribution in [1.82, 2.24) is 0 Å². The number of ether oxygens (including phenoxy) is 1. The second-order valence-electron chi connectivity index (χ2n) is 3.35. The van der Waals surface area contributed by atoms with Crippen LogP contribution in [0.1, 0.15) is 30.9 Å². The van der Waals surface area contributed by atoms with Gasteiger partial charge in [-0.15, -0.1) is 0 Å². The normalized spacial score (nSPS) is 10.5. The van der Waals surface area contributed by atoms with Gasteiger partial charge in [0.2, 0.25) is 0 Å². The Morgan fingerprint density at radius 1 is 1.46 bits per heavy atom. The van der Waals surface area contributed by atoms with E-state index in [4.69, 9.17) is 4.74 Å². The Balaban J connectivity index is 2.97. The van der Waals surface area contributed by atoms with E-state index in [9.17, 15) is 0 Å². The van der Waals surface area contributed by atoms with Gasteiger partial charge >= 0.3 is 0 Å². The molecule has 0 N–H and O–H groups in total. The second-order valence-corrected chi connectivity index (χ2v) is 3.35. The average molecular weight is 177 g/mol. The van der Waals surface area contributed by atoms with Crippen LogP contribution >= 0.6 is 0 Å². The molecule has 1 unspecified atom stereocenters. The molecule has 0 aliphatic rings. The Morgan fingerprint density at radius 2 is 2.15 bits per heavy atom. The SMILES string of the molecule is [CH2]C(C)c1cc(OCC)ccc1C. The van der Waals surface area contributed by atoms with Crippen molar-refractivity contribution in [2.45, 2.75) is 26.7 Å². The van der Waals surface area contributed by atoms with Crippen molar-refractivity contribution in [3.8, 4) is 5.75 Å². The Hall–Kier alpha value is -0.980. The molecule has 1 aromatic rings. The van der Waals surface area contributed by atoms with Crippen LogP contribution in [0.25, 0.3) is 0 Å². The molecule has 0 heterocycles. The first kappa shape index (κ1) is 10.1. The molecule has 0 fully saturated rings. The van der Waals surface area contributed by atoms with Crippen molar-refractivity contribution in [2.75, 3.05) is 6.61 Å². The van der Waals surface area contributed by atoms with Gasteiger partial charge in [0.05, 0.1) is 6.61 Å². The Bertz CT molecular complexity index is 276. The monoisotopic (exact) mass is 177 g/mol. The molecule has 0 amide bonds. The third-order valence-electron chi connectivity index (χ3n) is 2.09. The number of rotatable bonds is 3. The van der Waals surface area contributed by atoms with Gasteiger partial charge in [0.1, 0.15) is 5.75 Å². The summed E-state index contributed by atoms with van der Waals surface area (Å²) in [6.07, 6.45) is 0. The first-order valence-corrected chi connectivity index (χ1v) is 4.71. The molecule has 0 spiro atoms. The van der Waals surface area contributed by atoms with Crippen molar-refractivity contribution < 1.29 is 4.74 Å². The second kappa shape index (κ2) is 4.31. The minimum absolute atomic E-state index is 0.320. The molecule has 1 radical (unpaired) electrons. The van der Waals surface area contributed by atoms with Crippen molar-refractivity contribution in [2.24, 2.45) is 0 Å². The highest BCUT2D eigenvalue weighted by atomic mass is 16.5. The van der Waals surface area contributed by atoms with Gasteiger partial charge in [0.25, 0.3) is 0 Å². The maximum Gasteiger partial charge on any atom is 0.119 e. The molecule has 0 saturated carbocycles. The number of benzene rings is 1. The van der Waals surface area contributed by atoms with E-state index in [0.29, 0.717) is 12.5 Å². The molecule has 1 aromatic carbocycles. The van der Waals surface area contributed by atoms with Crippen LogP contribution in [-0.2, 0) is 0 Å². The van der Waals surface area contributed by atoms with Crippen LogP contribution in [0.15, 0.2) is 18.2 Å². The summed E-state index contributed by atoms with van der Waals surface area (Å²) in [7, 11) is 0. The third kappa shape index (κ3) is 2.48. The van der Waals surface area contributed by atoms with E-state index in [1.165, 1.54) is 11.1 Å². The molecule has 0 aliphatic carbocycles. The lowest BCUT2D eigenvalue weighted by molar-refractivity contribution is 0.339. The number of aryl methyl sites for hydroxylation is 1. The van der Waals surface area contributed by atoms with Crippen LogP contribution in [0.2, 0.25) is 0 Å². The number of hydrogen-bond donors (Lipinski definition) is 0. The fourth-order valence-electron chi connectivity index (χ4n) is 1.41. The quantitative estimate of drug-likeness (QED) is 0.688. The van der Waals surface area contributed by atoms with E-state index in [1.807, 2.05) is 13.0 Å². The van der Waals surface area contributed by atoms with Crippen LogP contribution in [-0.4, -0.2) is 6.61 Å². The first-order chi connectivity index (χ1) is 6.15. The summed E-state index contributed by atoms with van der Waals surface area (Å²) in [6, 6.07) is 6.17. The zero-order chi connectivity index (χ0) is 9.84. The van der Waals surface area contributed by atoms with E-state index < -0.39 is 0 Å². The minimum atomic E-state index is 0.320. The van der Waals surface area contributed by atoms with E-state index in [-0.39, 0.29) is 0 Å². The predicted molar refractivity (Wildman–Crippen MR) is 56.1 cm³/mol. The van der Waals surface area contributed by atoms with Crippen molar-refractivity contribution >= 4 is 0 Å². The lowest BCUT2D eigenvalue weighted by Crippen LogP contribution is -1.96. The van der Waals surface area contributed by atoms with Crippen LogP contribution in [0.5, 0.6) is 5.75 Å². The Labute approximate surface area is 80.7 Å². The molecule has 1 nitrogen and oxygen atoms in total. The fraction of sp³-hybridized carbons (Fsp3) is 0.417. The molecule has 0 aromatic heterocycles. The highest BCUT2D eigenvalue weighted by molar-refractivity contribution is 5.37. The Morgan fingerprint density at radius 3 is 2.69 bits per heavy atom. The van der Waals surface area contributed by atoms with Crippen LogP contribution in [0.4, 0.5) is 0 Å². The number of hydrogen-bond acceptors (Lipinski definition) is 1. The zero-order valence-electron chi connectivity index (χ0n) is 8.63. The molecule has 0 bridgehead atoms. The summed E-state index contributed by atoms with van der Waals surface area (Å²) < 4.78 is 5.42. The summed E-state index contributed by atoms with van der Waals surface area (Å²) in [5.41, 5.74) is 2.55. The lowest BCUT2D eigenvalue weighted by Gasteiger charge is -2.11. The molecular formula is C12H17O. The highest BCUT2D eigenvalue weighted by Crippen LogP contribution is 2.23. The smallest absolute Gasteiger partial charge is 0.119 e. The lowest BCUT2D eigenvalue weighted by atomic mass is 9.98. The van der Waals surface area contributed by atoms with E-state index in [2.05, 4.69) is 32.9 Å². The molecule has 71 valence electrons. The van der Waals surface area contributed by atoms with Crippen LogP contribution < -0.4 is 4.74 Å². The summed E-state index contributed by atoms with van der Waals surface area (Å²) in [6.45, 7) is 10.9. The fourth-order valence-corrected chi connectivity index (χ4v) is 1.41. The van der Waals surface area contributed by atoms with Crippen molar-refractivity contribution in [3.63, 3.8) is 0 Å². The zero-order valence-corrected chi connectivity index (χ0v) is 8.63. The van der Waals surface area contributed by atoms with Crippen LogP contribution in [0, 0.1) is 13.8 Å². The topological polar surface area (TPSA) is 9.23 Å². The van der Waals surface area contributed by atoms with E-state index in [1.54, 1.807) is 0 Å². The minimum Gasteiger partial charge on any atom is -0.494 e. The molecule has 13 heavy (non-hydrogen) atoms. The highest BCUT2D eigenvalue weighted by Gasteiger charge is 2.04. The largest absolute Gasteiger partial charge is 0.494 e. The van der Waals surface area contributed by atoms with Gasteiger partial charge in [-0.2, -0.15) is 0 Å². The van der Waals surface area contributed by atoms with Gasteiger partial charge in [-0.1, -0.05) is 13.0 Å². The summed E-state index contributed by atoms with van der Waals surface area (Å²) >= 11 is 0. The summed E-state index contributed by atoms with van der Waals surface area (Å²) in [5, 5.41) is 0. The summed E-state index contributed by atoms with van der Waals surface area (Å²) in [4.78, 5) is 0. The molecule has 1 atom stereocenters.